The lowest BCUT2D eigenvalue weighted by Crippen LogP contribution is -2.51. The van der Waals surface area contributed by atoms with Gasteiger partial charge in [-0.1, -0.05) is 18.2 Å². The molecular weight excluding hydrogens is 614 g/mol. The van der Waals surface area contributed by atoms with E-state index in [4.69, 9.17) is 0 Å². The Balaban J connectivity index is 1.95. The fourth-order valence-electron chi connectivity index (χ4n) is 6.20. The molecule has 0 heterocycles. The second-order valence-electron chi connectivity index (χ2n) is 11.4. The number of nitrogens with one attached hydrogen (secondary N) is 1. The van der Waals surface area contributed by atoms with Gasteiger partial charge in [-0.25, -0.2) is 17.2 Å². The normalized spacial score (nSPS) is 23.2. The summed E-state index contributed by atoms with van der Waals surface area (Å²) in [4.78, 5) is 24.2. The van der Waals surface area contributed by atoms with E-state index in [1.54, 1.807) is 0 Å². The Bertz CT molecular complexity index is 1520. The van der Waals surface area contributed by atoms with Gasteiger partial charge in [0.1, 0.15) is 16.0 Å². The third-order valence-corrected chi connectivity index (χ3v) is 11.2. The van der Waals surface area contributed by atoms with Gasteiger partial charge in [-0.2, -0.15) is 26.3 Å². The number of aryl methyl sites for hydroxylation is 1. The molecule has 3 atom stereocenters. The highest BCUT2D eigenvalue weighted by Crippen LogP contribution is 2.58. The van der Waals surface area contributed by atoms with Crippen molar-refractivity contribution in [2.45, 2.75) is 79.7 Å². The van der Waals surface area contributed by atoms with Gasteiger partial charge in [0, 0.05) is 17.5 Å². The second kappa shape index (κ2) is 10.4. The standard InChI is InChI=1S/C28H27F8NO5S/c1-24(2,23(39)40)22(38)37-21-12-13-25(43(41,42)18-9-7-17(29)8-10-18)19-11-6-16(14-15(19)4-3-5-20(21)25)26(30,27(31,32)33)28(34,35)36/h6-11,14,20-21H,3-5,12-13H2,1-2H3,(H,37,38)(H,39,40)/t20-,21+,25+/m0/s1. The Hall–Kier alpha value is -3.23. The number of carboxylic acid groups (broad SMARTS) is 1. The fraction of sp³-hybridized carbons (Fsp3) is 0.500. The minimum Gasteiger partial charge on any atom is -0.480 e. The van der Waals surface area contributed by atoms with E-state index in [0.29, 0.717) is 6.07 Å². The summed E-state index contributed by atoms with van der Waals surface area (Å²) in [6.45, 7) is 2.27. The van der Waals surface area contributed by atoms with Crippen molar-refractivity contribution in [2.24, 2.45) is 11.3 Å². The van der Waals surface area contributed by atoms with E-state index >= 15 is 0 Å². The number of halogens is 8. The molecule has 1 saturated carbocycles. The van der Waals surface area contributed by atoms with Crippen LogP contribution in [0.15, 0.2) is 47.4 Å². The van der Waals surface area contributed by atoms with Crippen LogP contribution in [-0.4, -0.2) is 43.8 Å². The Morgan fingerprint density at radius 3 is 2.05 bits per heavy atom. The van der Waals surface area contributed by atoms with Crippen LogP contribution in [-0.2, 0) is 36.3 Å². The number of amides is 1. The van der Waals surface area contributed by atoms with Crippen LogP contribution >= 0.6 is 0 Å². The predicted octanol–water partition coefficient (Wildman–Crippen LogP) is 6.13. The first-order chi connectivity index (χ1) is 19.6. The molecule has 0 aromatic heterocycles. The van der Waals surface area contributed by atoms with Gasteiger partial charge in [-0.05, 0) is 81.3 Å². The van der Waals surface area contributed by atoms with Crippen molar-refractivity contribution in [2.75, 3.05) is 0 Å². The largest absolute Gasteiger partial charge is 0.480 e. The van der Waals surface area contributed by atoms with Gasteiger partial charge in [0.15, 0.2) is 9.84 Å². The lowest BCUT2D eigenvalue weighted by atomic mass is 9.82. The maximum atomic E-state index is 15.0. The maximum absolute atomic E-state index is 15.0. The van der Waals surface area contributed by atoms with Gasteiger partial charge < -0.3 is 10.4 Å². The van der Waals surface area contributed by atoms with Crippen LogP contribution < -0.4 is 5.32 Å². The lowest BCUT2D eigenvalue weighted by Gasteiger charge is -2.38. The monoisotopic (exact) mass is 641 g/mol. The number of hydrogen-bond acceptors (Lipinski definition) is 4. The minimum absolute atomic E-state index is 0.00218. The summed E-state index contributed by atoms with van der Waals surface area (Å²) >= 11 is 0. The van der Waals surface area contributed by atoms with Crippen molar-refractivity contribution in [1.82, 2.24) is 5.32 Å². The van der Waals surface area contributed by atoms with E-state index in [1.165, 1.54) is 0 Å². The third kappa shape index (κ3) is 4.96. The van der Waals surface area contributed by atoms with Gasteiger partial charge in [-0.15, -0.1) is 0 Å². The highest BCUT2D eigenvalue weighted by Gasteiger charge is 2.73. The summed E-state index contributed by atoms with van der Waals surface area (Å²) < 4.78 is 137. The summed E-state index contributed by atoms with van der Waals surface area (Å²) in [7, 11) is -4.61. The first-order valence-corrected chi connectivity index (χ1v) is 14.6. The van der Waals surface area contributed by atoms with E-state index < -0.39 is 73.2 Å². The van der Waals surface area contributed by atoms with Crippen LogP contribution in [0.3, 0.4) is 0 Å². The van der Waals surface area contributed by atoms with Crippen molar-refractivity contribution in [3.8, 4) is 0 Å². The smallest absolute Gasteiger partial charge is 0.435 e. The summed E-state index contributed by atoms with van der Waals surface area (Å²) in [5.41, 5.74) is -9.83. The van der Waals surface area contributed by atoms with Gasteiger partial charge in [-0.3, -0.25) is 9.59 Å². The number of benzene rings is 2. The molecule has 0 bridgehead atoms. The van der Waals surface area contributed by atoms with Crippen LogP contribution in [0.1, 0.15) is 56.2 Å². The molecule has 2 aromatic rings. The van der Waals surface area contributed by atoms with Crippen molar-refractivity contribution in [1.29, 1.82) is 0 Å². The number of hydrogen-bond donors (Lipinski definition) is 2. The molecular formula is C28H27F8NO5S. The number of carbonyl (C=O) groups excluding carboxylic acids is 1. The van der Waals surface area contributed by atoms with E-state index in [0.717, 1.165) is 44.2 Å². The van der Waals surface area contributed by atoms with E-state index in [1.807, 2.05) is 0 Å². The molecule has 2 aromatic carbocycles. The number of carbonyl (C=O) groups is 2. The van der Waals surface area contributed by atoms with E-state index in [-0.39, 0.29) is 54.2 Å². The molecule has 0 aliphatic heterocycles. The fourth-order valence-corrected chi connectivity index (χ4v) is 8.67. The molecule has 6 nitrogen and oxygen atoms in total. The molecule has 0 radical (unpaired) electrons. The van der Waals surface area contributed by atoms with E-state index in [2.05, 4.69) is 5.32 Å². The highest BCUT2D eigenvalue weighted by molar-refractivity contribution is 7.92. The zero-order valence-corrected chi connectivity index (χ0v) is 23.6. The molecule has 2 aliphatic rings. The van der Waals surface area contributed by atoms with Crippen molar-refractivity contribution < 1.29 is 58.2 Å². The zero-order chi connectivity index (χ0) is 32.4. The molecule has 15 heteroatoms. The molecule has 2 aliphatic carbocycles. The topological polar surface area (TPSA) is 101 Å². The van der Waals surface area contributed by atoms with Crippen molar-refractivity contribution >= 4 is 21.7 Å². The number of sulfone groups is 1. The first-order valence-electron chi connectivity index (χ1n) is 13.1. The molecule has 43 heavy (non-hydrogen) atoms. The predicted molar refractivity (Wildman–Crippen MR) is 136 cm³/mol. The Kier molecular flexibility index (Phi) is 7.94. The van der Waals surface area contributed by atoms with Gasteiger partial charge in [0.2, 0.25) is 5.91 Å². The molecule has 1 fully saturated rings. The zero-order valence-electron chi connectivity index (χ0n) is 22.7. The highest BCUT2D eigenvalue weighted by atomic mass is 32.2. The summed E-state index contributed by atoms with van der Waals surface area (Å²) in [5, 5.41) is 12.1. The third-order valence-electron chi connectivity index (χ3n) is 8.64. The quantitative estimate of drug-likeness (QED) is 0.225. The van der Waals surface area contributed by atoms with Crippen molar-refractivity contribution in [3.05, 3.63) is 65.0 Å². The van der Waals surface area contributed by atoms with Gasteiger partial charge in [0.25, 0.3) is 0 Å². The molecule has 0 saturated heterocycles. The van der Waals surface area contributed by atoms with Crippen LogP contribution in [0, 0.1) is 17.2 Å². The number of aliphatic carboxylic acids is 1. The van der Waals surface area contributed by atoms with Gasteiger partial charge in [0.05, 0.1) is 4.90 Å². The Morgan fingerprint density at radius 1 is 0.930 bits per heavy atom. The molecule has 236 valence electrons. The Morgan fingerprint density at radius 2 is 1.51 bits per heavy atom. The summed E-state index contributed by atoms with van der Waals surface area (Å²) in [6, 6.07) is 4.12. The Labute approximate surface area is 241 Å². The first kappa shape index (κ1) is 32.7. The SMILES string of the molecule is CC(C)(C(=O)O)C(=O)N[C@@H]1CC[C@@]2(S(=O)(=O)c3ccc(F)cc3)c3ccc(C(F)(C(F)(F)F)C(F)(F)F)cc3CCC[C@@H]12. The van der Waals surface area contributed by atoms with Crippen LogP contribution in [0.25, 0.3) is 0 Å². The maximum Gasteiger partial charge on any atom is 0.435 e. The van der Waals surface area contributed by atoms with Crippen molar-refractivity contribution in [3.63, 3.8) is 0 Å². The molecule has 0 unspecified atom stereocenters. The number of alkyl halides is 7. The van der Waals surface area contributed by atoms with Gasteiger partial charge >= 0.3 is 24.0 Å². The van der Waals surface area contributed by atoms with E-state index in [9.17, 15) is 58.2 Å². The average Bonchev–Trinajstić information content (AvgIpc) is 3.16. The minimum atomic E-state index is -6.38. The number of rotatable bonds is 6. The molecule has 0 spiro atoms. The molecule has 2 N–H and O–H groups in total. The average molecular weight is 642 g/mol. The van der Waals surface area contributed by atoms with Crippen LogP contribution in [0.5, 0.6) is 0 Å². The van der Waals surface area contributed by atoms with Crippen LogP contribution in [0.2, 0.25) is 0 Å². The lowest BCUT2D eigenvalue weighted by molar-refractivity contribution is -0.348. The molecule has 4 rings (SSSR count). The summed E-state index contributed by atoms with van der Waals surface area (Å²) in [6.07, 6.45) is -13.3. The number of fused-ring (bicyclic) bond motifs is 3. The second-order valence-corrected chi connectivity index (χ2v) is 13.6. The molecule has 1 amide bonds. The summed E-state index contributed by atoms with van der Waals surface area (Å²) in [5.74, 6) is -4.19. The number of carboxylic acids is 1. The van der Waals surface area contributed by atoms with Crippen LogP contribution in [0.4, 0.5) is 35.1 Å².